The second-order valence-electron chi connectivity index (χ2n) is 5.49. The molecule has 24 heavy (non-hydrogen) atoms. The Morgan fingerprint density at radius 2 is 1.79 bits per heavy atom. The van der Waals surface area contributed by atoms with Gasteiger partial charge in [0.2, 0.25) is 0 Å². The van der Waals surface area contributed by atoms with E-state index in [1.54, 1.807) is 0 Å². The third-order valence-electron chi connectivity index (χ3n) is 3.95. The zero-order chi connectivity index (χ0) is 17.6. The summed E-state index contributed by atoms with van der Waals surface area (Å²) < 4.78 is 5.38. The Kier molecular flexibility index (Phi) is 10.9. The van der Waals surface area contributed by atoms with Crippen molar-refractivity contribution in [2.24, 2.45) is 4.99 Å². The molecule has 1 atom stereocenters. The number of hydrogen-bond acceptors (Lipinski definition) is 3. The van der Waals surface area contributed by atoms with E-state index in [1.165, 1.54) is 5.56 Å². The molecular weight excluding hydrogens is 300 g/mol. The number of nitrogens with zero attached hydrogens (tertiary/aromatic N) is 2. The van der Waals surface area contributed by atoms with Gasteiger partial charge in [-0.1, -0.05) is 44.2 Å². The lowest BCUT2D eigenvalue weighted by Crippen LogP contribution is -2.40. The minimum Gasteiger partial charge on any atom is -0.380 e. The number of likely N-dealkylation sites (N-methyl/N-ethyl adjacent to an activating group) is 1. The smallest absolute Gasteiger partial charge is 0.191 e. The fourth-order valence-electron chi connectivity index (χ4n) is 2.68. The molecule has 1 unspecified atom stereocenters. The van der Waals surface area contributed by atoms with Gasteiger partial charge in [-0.25, -0.2) is 0 Å². The minimum atomic E-state index is 0.295. The quantitative estimate of drug-likeness (QED) is 0.371. The topological polar surface area (TPSA) is 48.9 Å². The lowest BCUT2D eigenvalue weighted by Gasteiger charge is -2.29. The number of ether oxygens (including phenoxy) is 1. The fourth-order valence-corrected chi connectivity index (χ4v) is 2.68. The van der Waals surface area contributed by atoms with E-state index in [2.05, 4.69) is 66.6 Å². The Morgan fingerprint density at radius 1 is 1.08 bits per heavy atom. The van der Waals surface area contributed by atoms with Crippen LogP contribution in [0.2, 0.25) is 0 Å². The highest BCUT2D eigenvalue weighted by Gasteiger charge is 2.17. The van der Waals surface area contributed by atoms with Crippen molar-refractivity contribution in [1.82, 2.24) is 15.5 Å². The first kappa shape index (κ1) is 20.5. The summed E-state index contributed by atoms with van der Waals surface area (Å²) >= 11 is 0. The maximum Gasteiger partial charge on any atom is 0.191 e. The molecule has 0 aromatic heterocycles. The molecule has 0 spiro atoms. The fraction of sp³-hybridized carbons (Fsp3) is 0.632. The van der Waals surface area contributed by atoms with Crippen molar-refractivity contribution in [2.45, 2.75) is 33.7 Å². The molecule has 0 bridgehead atoms. The summed E-state index contributed by atoms with van der Waals surface area (Å²) in [6.45, 7) is 14.3. The average Bonchev–Trinajstić information content (AvgIpc) is 2.62. The zero-order valence-corrected chi connectivity index (χ0v) is 15.7. The van der Waals surface area contributed by atoms with Crippen LogP contribution in [0.5, 0.6) is 0 Å². The molecule has 1 aromatic rings. The largest absolute Gasteiger partial charge is 0.380 e. The molecule has 0 aliphatic rings. The van der Waals surface area contributed by atoms with Crippen LogP contribution in [0.25, 0.3) is 0 Å². The molecule has 0 aliphatic heterocycles. The highest BCUT2D eigenvalue weighted by atomic mass is 16.5. The number of hydrogen-bond donors (Lipinski definition) is 2. The van der Waals surface area contributed by atoms with Gasteiger partial charge in [-0.2, -0.15) is 0 Å². The van der Waals surface area contributed by atoms with Gasteiger partial charge < -0.3 is 15.4 Å². The Morgan fingerprint density at radius 3 is 2.38 bits per heavy atom. The molecule has 0 amide bonds. The third kappa shape index (κ3) is 7.32. The van der Waals surface area contributed by atoms with Gasteiger partial charge >= 0.3 is 0 Å². The van der Waals surface area contributed by atoms with Crippen LogP contribution in [-0.4, -0.2) is 56.8 Å². The van der Waals surface area contributed by atoms with Crippen LogP contribution in [0, 0.1) is 0 Å². The number of aliphatic imine (C=N–C) groups is 1. The summed E-state index contributed by atoms with van der Waals surface area (Å²) in [6.07, 6.45) is 0. The van der Waals surface area contributed by atoms with E-state index in [0.717, 1.165) is 45.3 Å². The highest BCUT2D eigenvalue weighted by molar-refractivity contribution is 5.79. The Bertz CT molecular complexity index is 446. The summed E-state index contributed by atoms with van der Waals surface area (Å²) in [5, 5.41) is 6.64. The first-order valence-corrected chi connectivity index (χ1v) is 9.15. The van der Waals surface area contributed by atoms with Crippen LogP contribution in [0.4, 0.5) is 0 Å². The summed E-state index contributed by atoms with van der Waals surface area (Å²) in [5.74, 6) is 0.852. The maximum absolute atomic E-state index is 5.38. The summed E-state index contributed by atoms with van der Waals surface area (Å²) in [5.41, 5.74) is 1.31. The predicted molar refractivity (Wildman–Crippen MR) is 103 cm³/mol. The van der Waals surface area contributed by atoms with Gasteiger partial charge in [0, 0.05) is 19.7 Å². The van der Waals surface area contributed by atoms with E-state index in [-0.39, 0.29) is 0 Å². The van der Waals surface area contributed by atoms with Gasteiger partial charge in [0.25, 0.3) is 0 Å². The van der Waals surface area contributed by atoms with Crippen molar-refractivity contribution in [2.75, 3.05) is 45.9 Å². The summed E-state index contributed by atoms with van der Waals surface area (Å²) in [6, 6.07) is 10.9. The van der Waals surface area contributed by atoms with Crippen LogP contribution in [0.1, 0.15) is 39.3 Å². The monoisotopic (exact) mass is 334 g/mol. The molecule has 0 saturated heterocycles. The van der Waals surface area contributed by atoms with Gasteiger partial charge in [-0.15, -0.1) is 0 Å². The Labute approximate surface area is 147 Å². The van der Waals surface area contributed by atoms with Crippen LogP contribution < -0.4 is 10.6 Å². The number of rotatable bonds is 11. The molecule has 0 aliphatic carbocycles. The van der Waals surface area contributed by atoms with Crippen LogP contribution in [0.15, 0.2) is 35.3 Å². The molecule has 1 rings (SSSR count). The van der Waals surface area contributed by atoms with Gasteiger partial charge in [0.05, 0.1) is 19.2 Å². The van der Waals surface area contributed by atoms with Gasteiger partial charge in [0.1, 0.15) is 0 Å². The normalized spacial score (nSPS) is 13.1. The van der Waals surface area contributed by atoms with Crippen molar-refractivity contribution in [3.8, 4) is 0 Å². The molecular formula is C19H34N4O. The van der Waals surface area contributed by atoms with E-state index in [1.807, 2.05) is 6.92 Å². The number of guanidine groups is 1. The molecule has 1 aromatic carbocycles. The molecule has 5 heteroatoms. The summed E-state index contributed by atoms with van der Waals surface area (Å²) in [7, 11) is 0. The molecule has 2 N–H and O–H groups in total. The minimum absolute atomic E-state index is 0.295. The molecule has 0 fully saturated rings. The maximum atomic E-state index is 5.38. The van der Waals surface area contributed by atoms with Gasteiger partial charge in [-0.05, 0) is 32.5 Å². The zero-order valence-electron chi connectivity index (χ0n) is 15.7. The van der Waals surface area contributed by atoms with E-state index >= 15 is 0 Å². The molecule has 0 saturated carbocycles. The van der Waals surface area contributed by atoms with E-state index in [4.69, 9.17) is 9.73 Å². The van der Waals surface area contributed by atoms with Crippen molar-refractivity contribution < 1.29 is 4.74 Å². The SMILES string of the molecule is CCNC(=NCC(c1ccccc1)N(CC)CC)NCCOCC. The number of nitrogens with one attached hydrogen (secondary N) is 2. The molecule has 0 radical (unpaired) electrons. The Hall–Kier alpha value is -1.59. The second kappa shape index (κ2) is 12.8. The molecule has 5 nitrogen and oxygen atoms in total. The molecule has 0 heterocycles. The summed E-state index contributed by atoms with van der Waals surface area (Å²) in [4.78, 5) is 7.25. The van der Waals surface area contributed by atoms with Crippen molar-refractivity contribution >= 4 is 5.96 Å². The van der Waals surface area contributed by atoms with E-state index in [0.29, 0.717) is 12.6 Å². The van der Waals surface area contributed by atoms with Crippen LogP contribution in [-0.2, 0) is 4.74 Å². The standard InChI is InChI=1S/C19H34N4O/c1-5-20-19(21-14-15-24-8-4)22-16-18(23(6-2)7-3)17-12-10-9-11-13-17/h9-13,18H,5-8,14-16H2,1-4H3,(H2,20,21,22). The van der Waals surface area contributed by atoms with Crippen LogP contribution in [0.3, 0.4) is 0 Å². The lowest BCUT2D eigenvalue weighted by molar-refractivity contribution is 0.152. The highest BCUT2D eigenvalue weighted by Crippen LogP contribution is 2.20. The Balaban J connectivity index is 2.78. The van der Waals surface area contributed by atoms with Crippen molar-refractivity contribution in [3.05, 3.63) is 35.9 Å². The van der Waals surface area contributed by atoms with Gasteiger partial charge in [0.15, 0.2) is 5.96 Å². The van der Waals surface area contributed by atoms with Gasteiger partial charge in [-0.3, -0.25) is 9.89 Å². The first-order valence-electron chi connectivity index (χ1n) is 9.15. The average molecular weight is 335 g/mol. The number of benzene rings is 1. The predicted octanol–water partition coefficient (Wildman–Crippen LogP) is 2.66. The van der Waals surface area contributed by atoms with Crippen LogP contribution >= 0.6 is 0 Å². The van der Waals surface area contributed by atoms with E-state index < -0.39 is 0 Å². The lowest BCUT2D eigenvalue weighted by atomic mass is 10.1. The van der Waals surface area contributed by atoms with Crippen molar-refractivity contribution in [3.63, 3.8) is 0 Å². The second-order valence-corrected chi connectivity index (χ2v) is 5.49. The third-order valence-corrected chi connectivity index (χ3v) is 3.95. The van der Waals surface area contributed by atoms with Crippen molar-refractivity contribution in [1.29, 1.82) is 0 Å². The molecule has 136 valence electrons. The first-order chi connectivity index (χ1) is 11.8. The van der Waals surface area contributed by atoms with E-state index in [9.17, 15) is 0 Å².